The molecule has 0 aliphatic heterocycles. The Morgan fingerprint density at radius 1 is 1.44 bits per heavy atom. The van der Waals surface area contributed by atoms with Crippen LogP contribution < -0.4 is 4.74 Å². The molecule has 0 amide bonds. The normalized spacial score (nSPS) is 10.4. The molecule has 18 heavy (non-hydrogen) atoms. The van der Waals surface area contributed by atoms with E-state index in [9.17, 15) is 4.79 Å². The molecule has 0 spiro atoms. The van der Waals surface area contributed by atoms with Crippen molar-refractivity contribution in [2.24, 2.45) is 7.05 Å². The quantitative estimate of drug-likeness (QED) is 0.889. The van der Waals surface area contributed by atoms with Crippen LogP contribution in [0.1, 0.15) is 16.2 Å². The van der Waals surface area contributed by atoms with Gasteiger partial charge < -0.3 is 9.84 Å². The number of aromatic carboxylic acids is 1. The second-order valence-corrected chi connectivity index (χ2v) is 3.89. The predicted molar refractivity (Wildman–Crippen MR) is 64.7 cm³/mol. The Hall–Kier alpha value is -2.37. The topological polar surface area (TPSA) is 77.2 Å². The van der Waals surface area contributed by atoms with Crippen molar-refractivity contribution < 1.29 is 14.6 Å². The Morgan fingerprint density at radius 3 is 2.72 bits per heavy atom. The fourth-order valence-electron chi connectivity index (χ4n) is 1.71. The fraction of sp³-hybridized carbons (Fsp3) is 0.250. The van der Waals surface area contributed by atoms with E-state index in [1.807, 2.05) is 25.1 Å². The molecular formula is C12H13N3O3. The molecule has 1 heterocycles. The molecule has 0 aliphatic rings. The lowest BCUT2D eigenvalue weighted by Gasteiger charge is -2.08. The van der Waals surface area contributed by atoms with Crippen LogP contribution in [0.2, 0.25) is 0 Å². The molecule has 0 aliphatic carbocycles. The zero-order valence-electron chi connectivity index (χ0n) is 10.3. The predicted octanol–water partition coefficient (Wildman–Crippen LogP) is 1.50. The van der Waals surface area contributed by atoms with Crippen molar-refractivity contribution in [1.82, 2.24) is 14.8 Å². The number of ether oxygens (including phenoxy) is 1. The highest BCUT2D eigenvalue weighted by atomic mass is 16.5. The fourth-order valence-corrected chi connectivity index (χ4v) is 1.71. The molecule has 94 valence electrons. The van der Waals surface area contributed by atoms with E-state index >= 15 is 0 Å². The third kappa shape index (κ3) is 2.04. The average Bonchev–Trinajstić information content (AvgIpc) is 2.71. The number of hydrogen-bond donors (Lipinski definition) is 1. The zero-order chi connectivity index (χ0) is 13.3. The van der Waals surface area contributed by atoms with Crippen molar-refractivity contribution in [3.63, 3.8) is 0 Å². The first-order valence-corrected chi connectivity index (χ1v) is 5.32. The minimum Gasteiger partial charge on any atom is -0.496 e. The van der Waals surface area contributed by atoms with Gasteiger partial charge in [0.15, 0.2) is 5.82 Å². The van der Waals surface area contributed by atoms with Gasteiger partial charge in [0.1, 0.15) is 5.75 Å². The first kappa shape index (κ1) is 12.1. The first-order chi connectivity index (χ1) is 8.52. The van der Waals surface area contributed by atoms with Gasteiger partial charge in [-0.05, 0) is 19.1 Å². The SMILES string of the molecule is COc1ccc(C)cc1-c1nc(C(=O)O)nn1C. The Kier molecular flexibility index (Phi) is 3.01. The van der Waals surface area contributed by atoms with Gasteiger partial charge in [0.25, 0.3) is 5.82 Å². The number of hydrogen-bond acceptors (Lipinski definition) is 4. The summed E-state index contributed by atoms with van der Waals surface area (Å²) in [5, 5.41) is 12.7. The summed E-state index contributed by atoms with van der Waals surface area (Å²) < 4.78 is 6.68. The van der Waals surface area contributed by atoms with E-state index in [2.05, 4.69) is 10.1 Å². The summed E-state index contributed by atoms with van der Waals surface area (Å²) in [4.78, 5) is 14.9. The lowest BCUT2D eigenvalue weighted by Crippen LogP contribution is -2.00. The highest BCUT2D eigenvalue weighted by molar-refractivity contribution is 5.84. The van der Waals surface area contributed by atoms with Crippen molar-refractivity contribution in [1.29, 1.82) is 0 Å². The third-order valence-corrected chi connectivity index (χ3v) is 2.55. The summed E-state index contributed by atoms with van der Waals surface area (Å²) in [7, 11) is 3.21. The van der Waals surface area contributed by atoms with E-state index in [4.69, 9.17) is 9.84 Å². The molecule has 6 heteroatoms. The molecule has 0 bridgehead atoms. The van der Waals surface area contributed by atoms with Gasteiger partial charge in [0, 0.05) is 7.05 Å². The van der Waals surface area contributed by atoms with Crippen LogP contribution in [0.3, 0.4) is 0 Å². The third-order valence-electron chi connectivity index (χ3n) is 2.55. The number of carboxylic acids is 1. The van der Waals surface area contributed by atoms with E-state index in [1.165, 1.54) is 4.68 Å². The Balaban J connectivity index is 2.60. The van der Waals surface area contributed by atoms with Gasteiger partial charge in [-0.25, -0.2) is 14.5 Å². The Morgan fingerprint density at radius 2 is 2.17 bits per heavy atom. The van der Waals surface area contributed by atoms with Crippen LogP contribution >= 0.6 is 0 Å². The molecule has 0 unspecified atom stereocenters. The lowest BCUT2D eigenvalue weighted by atomic mass is 10.1. The van der Waals surface area contributed by atoms with Crippen LogP contribution in [0.4, 0.5) is 0 Å². The second-order valence-electron chi connectivity index (χ2n) is 3.89. The molecule has 0 saturated carbocycles. The van der Waals surface area contributed by atoms with Gasteiger partial charge in [-0.3, -0.25) is 0 Å². The standard InChI is InChI=1S/C12H13N3O3/c1-7-4-5-9(18-3)8(6-7)11-13-10(12(16)17)14-15(11)2/h4-6H,1-3H3,(H,16,17). The second kappa shape index (κ2) is 4.48. The maximum absolute atomic E-state index is 10.8. The van der Waals surface area contributed by atoms with Crippen LogP contribution in [0.5, 0.6) is 5.75 Å². The van der Waals surface area contributed by atoms with E-state index in [-0.39, 0.29) is 5.82 Å². The van der Waals surface area contributed by atoms with E-state index in [0.717, 1.165) is 11.1 Å². The van der Waals surface area contributed by atoms with Crippen molar-refractivity contribution in [2.75, 3.05) is 7.11 Å². The van der Waals surface area contributed by atoms with Gasteiger partial charge in [0.2, 0.25) is 0 Å². The van der Waals surface area contributed by atoms with E-state index in [1.54, 1.807) is 14.2 Å². The van der Waals surface area contributed by atoms with Crippen molar-refractivity contribution in [2.45, 2.75) is 6.92 Å². The molecule has 1 aromatic heterocycles. The van der Waals surface area contributed by atoms with E-state index in [0.29, 0.717) is 11.6 Å². The number of aromatic nitrogens is 3. The van der Waals surface area contributed by atoms with Crippen LogP contribution in [0.15, 0.2) is 18.2 Å². The number of carboxylic acid groups (broad SMARTS) is 1. The molecular weight excluding hydrogens is 234 g/mol. The number of nitrogens with zero attached hydrogens (tertiary/aromatic N) is 3. The van der Waals surface area contributed by atoms with Crippen LogP contribution in [-0.4, -0.2) is 33.0 Å². The largest absolute Gasteiger partial charge is 0.496 e. The molecule has 0 radical (unpaired) electrons. The number of methoxy groups -OCH3 is 1. The summed E-state index contributed by atoms with van der Waals surface area (Å²) in [6.07, 6.45) is 0. The molecule has 2 aromatic rings. The summed E-state index contributed by atoms with van der Waals surface area (Å²) in [6, 6.07) is 5.62. The van der Waals surface area contributed by atoms with Crippen molar-refractivity contribution >= 4 is 5.97 Å². The summed E-state index contributed by atoms with van der Waals surface area (Å²) in [6.45, 7) is 1.94. The molecule has 0 saturated heterocycles. The number of benzene rings is 1. The molecule has 6 nitrogen and oxygen atoms in total. The smallest absolute Gasteiger partial charge is 0.375 e. The molecule has 0 atom stereocenters. The maximum atomic E-state index is 10.8. The van der Waals surface area contributed by atoms with Gasteiger partial charge >= 0.3 is 5.97 Å². The van der Waals surface area contributed by atoms with Gasteiger partial charge in [-0.15, -0.1) is 5.10 Å². The number of rotatable bonds is 3. The molecule has 1 N–H and O–H groups in total. The first-order valence-electron chi connectivity index (χ1n) is 5.32. The van der Waals surface area contributed by atoms with Crippen LogP contribution in [-0.2, 0) is 7.05 Å². The van der Waals surface area contributed by atoms with Crippen LogP contribution in [0.25, 0.3) is 11.4 Å². The van der Waals surface area contributed by atoms with Gasteiger partial charge in [0.05, 0.1) is 12.7 Å². The highest BCUT2D eigenvalue weighted by Crippen LogP contribution is 2.29. The molecule has 1 aromatic carbocycles. The Labute approximate surface area is 104 Å². The average molecular weight is 247 g/mol. The van der Waals surface area contributed by atoms with Crippen molar-refractivity contribution in [3.8, 4) is 17.1 Å². The Bertz CT molecular complexity index is 605. The molecule has 2 rings (SSSR count). The number of carbonyl (C=O) groups is 1. The number of aryl methyl sites for hydroxylation is 2. The summed E-state index contributed by atoms with van der Waals surface area (Å²) in [5.74, 6) is -0.277. The highest BCUT2D eigenvalue weighted by Gasteiger charge is 2.17. The van der Waals surface area contributed by atoms with Gasteiger partial charge in [-0.1, -0.05) is 11.6 Å². The minimum atomic E-state index is -1.15. The minimum absolute atomic E-state index is 0.226. The van der Waals surface area contributed by atoms with Crippen LogP contribution in [0, 0.1) is 6.92 Å². The summed E-state index contributed by atoms with van der Waals surface area (Å²) >= 11 is 0. The lowest BCUT2D eigenvalue weighted by molar-refractivity contribution is 0.0683. The maximum Gasteiger partial charge on any atom is 0.375 e. The summed E-state index contributed by atoms with van der Waals surface area (Å²) in [5.41, 5.74) is 1.76. The van der Waals surface area contributed by atoms with Gasteiger partial charge in [-0.2, -0.15) is 0 Å². The zero-order valence-corrected chi connectivity index (χ0v) is 10.3. The van der Waals surface area contributed by atoms with Crippen molar-refractivity contribution in [3.05, 3.63) is 29.6 Å². The molecule has 0 fully saturated rings. The monoisotopic (exact) mass is 247 g/mol. The van der Waals surface area contributed by atoms with E-state index < -0.39 is 5.97 Å².